The van der Waals surface area contributed by atoms with Crippen molar-refractivity contribution >= 4 is 33.3 Å². The summed E-state index contributed by atoms with van der Waals surface area (Å²) < 4.78 is 0. The number of nitrogens with one attached hydrogen (secondary N) is 1. The molecule has 0 radical (unpaired) electrons. The van der Waals surface area contributed by atoms with Crippen LogP contribution in [0.1, 0.15) is 26.2 Å². The highest BCUT2D eigenvalue weighted by atomic mass is 33.1. The highest BCUT2D eigenvalue weighted by Gasteiger charge is 2.42. The van der Waals surface area contributed by atoms with Crippen molar-refractivity contribution in [3.63, 3.8) is 0 Å². The minimum absolute atomic E-state index is 0.0612. The molecule has 0 aromatic carbocycles. The van der Waals surface area contributed by atoms with Gasteiger partial charge in [0.25, 0.3) is 0 Å². The first kappa shape index (κ1) is 18.2. The summed E-state index contributed by atoms with van der Waals surface area (Å²) in [5.74, 6) is -1.35. The van der Waals surface area contributed by atoms with Gasteiger partial charge < -0.3 is 10.4 Å². The van der Waals surface area contributed by atoms with Crippen molar-refractivity contribution in [2.45, 2.75) is 43.5 Å². The van der Waals surface area contributed by atoms with Gasteiger partial charge in [0.05, 0.1) is 6.04 Å². The van der Waals surface area contributed by atoms with Crippen LogP contribution in [0, 0.1) is 16.0 Å². The molecule has 1 aliphatic rings. The molecule has 1 saturated carbocycles. The summed E-state index contributed by atoms with van der Waals surface area (Å²) in [5, 5.41) is 23.0. The zero-order valence-corrected chi connectivity index (χ0v) is 13.6. The molecule has 2 N–H and O–H groups in total. The lowest BCUT2D eigenvalue weighted by Crippen LogP contribution is -2.40. The number of Topliss-reactive ketones (excluding diaryl/α,β-unsaturated/α-hetero) is 1. The van der Waals surface area contributed by atoms with Gasteiger partial charge in [0.1, 0.15) is 11.7 Å². The van der Waals surface area contributed by atoms with Crippen LogP contribution in [0.2, 0.25) is 0 Å². The lowest BCUT2D eigenvalue weighted by atomic mass is 9.84. The standard InChI is InChI=1S/C12H20N2O5S2/c1-7(15)10(13-2)6-20-21-8-3-4-11(14(18)19)9(5-8)12(16)17/h8-11,13H,3-6H2,1-2H3,(H,16,17). The molecule has 9 heteroatoms. The molecular formula is C12H20N2O5S2. The normalized spacial score (nSPS) is 27.0. The summed E-state index contributed by atoms with van der Waals surface area (Å²) in [7, 11) is 4.77. The topological polar surface area (TPSA) is 110 Å². The Labute approximate surface area is 131 Å². The van der Waals surface area contributed by atoms with Gasteiger partial charge in [-0.25, -0.2) is 0 Å². The number of ketones is 1. The third kappa shape index (κ3) is 5.48. The Hall–Kier alpha value is -0.800. The summed E-state index contributed by atoms with van der Waals surface area (Å²) in [6.45, 7) is 1.52. The quantitative estimate of drug-likeness (QED) is 0.389. The Balaban J connectivity index is 2.46. The highest BCUT2D eigenvalue weighted by Crippen LogP contribution is 2.39. The molecule has 0 aliphatic heterocycles. The van der Waals surface area contributed by atoms with Crippen molar-refractivity contribution in [2.24, 2.45) is 5.92 Å². The Morgan fingerprint density at radius 3 is 2.62 bits per heavy atom. The van der Waals surface area contributed by atoms with Crippen LogP contribution in [-0.4, -0.2) is 51.9 Å². The summed E-state index contributed by atoms with van der Waals surface area (Å²) in [6, 6.07) is -1.19. The second-order valence-electron chi connectivity index (χ2n) is 5.07. The zero-order valence-electron chi connectivity index (χ0n) is 12.0. The monoisotopic (exact) mass is 336 g/mol. The fourth-order valence-electron chi connectivity index (χ4n) is 2.33. The summed E-state index contributed by atoms with van der Waals surface area (Å²) in [6.07, 6.45) is 1.24. The molecule has 0 heterocycles. The number of rotatable bonds is 8. The third-order valence-corrected chi connectivity index (χ3v) is 6.57. The third-order valence-electron chi connectivity index (χ3n) is 3.63. The molecule has 0 spiro atoms. The summed E-state index contributed by atoms with van der Waals surface area (Å²) in [4.78, 5) is 32.8. The van der Waals surface area contributed by atoms with E-state index in [9.17, 15) is 19.7 Å². The molecule has 0 saturated heterocycles. The molecular weight excluding hydrogens is 316 g/mol. The molecule has 7 nitrogen and oxygen atoms in total. The zero-order chi connectivity index (χ0) is 16.0. The second-order valence-corrected chi connectivity index (χ2v) is 7.78. The number of carboxylic acid groups (broad SMARTS) is 1. The van der Waals surface area contributed by atoms with Crippen molar-refractivity contribution < 1.29 is 19.6 Å². The summed E-state index contributed by atoms with van der Waals surface area (Å²) in [5.41, 5.74) is 0. The van der Waals surface area contributed by atoms with Gasteiger partial charge in [-0.15, -0.1) is 0 Å². The van der Waals surface area contributed by atoms with Crippen LogP contribution in [0.5, 0.6) is 0 Å². The van der Waals surface area contributed by atoms with Crippen LogP contribution < -0.4 is 5.32 Å². The number of hydrogen-bond donors (Lipinski definition) is 2. The minimum Gasteiger partial charge on any atom is -0.481 e. The number of hydrogen-bond acceptors (Lipinski definition) is 7. The number of carboxylic acids is 1. The molecule has 4 unspecified atom stereocenters. The molecule has 4 atom stereocenters. The van der Waals surface area contributed by atoms with Crippen LogP contribution in [0.4, 0.5) is 0 Å². The minimum atomic E-state index is -1.09. The van der Waals surface area contributed by atoms with Gasteiger partial charge >= 0.3 is 5.97 Å². The Morgan fingerprint density at radius 1 is 1.48 bits per heavy atom. The predicted octanol–water partition coefficient (Wildman–Crippen LogP) is 1.44. The van der Waals surface area contributed by atoms with Crippen LogP contribution in [0.25, 0.3) is 0 Å². The first-order chi connectivity index (χ1) is 9.86. The Kier molecular flexibility index (Phi) is 7.47. The first-order valence-electron chi connectivity index (χ1n) is 6.69. The Bertz CT molecular complexity index is 407. The van der Waals surface area contributed by atoms with Gasteiger partial charge in [0, 0.05) is 22.3 Å². The van der Waals surface area contributed by atoms with E-state index in [0.29, 0.717) is 25.0 Å². The molecule has 0 amide bonds. The summed E-state index contributed by atoms with van der Waals surface area (Å²) >= 11 is 0. The lowest BCUT2D eigenvalue weighted by Gasteiger charge is -2.28. The maximum atomic E-state index is 11.3. The number of aliphatic carboxylic acids is 1. The molecule has 120 valence electrons. The maximum absolute atomic E-state index is 11.3. The van der Waals surface area contributed by atoms with Gasteiger partial charge in [-0.1, -0.05) is 21.6 Å². The van der Waals surface area contributed by atoms with Crippen LogP contribution in [0.3, 0.4) is 0 Å². The molecule has 1 fully saturated rings. The largest absolute Gasteiger partial charge is 0.481 e. The van der Waals surface area contributed by atoms with Crippen LogP contribution >= 0.6 is 21.6 Å². The van der Waals surface area contributed by atoms with E-state index in [1.165, 1.54) is 28.5 Å². The molecule has 1 rings (SSSR count). The maximum Gasteiger partial charge on any atom is 0.313 e. The van der Waals surface area contributed by atoms with Crippen molar-refractivity contribution in [1.29, 1.82) is 0 Å². The van der Waals surface area contributed by atoms with Gasteiger partial charge in [0.2, 0.25) is 6.04 Å². The van der Waals surface area contributed by atoms with Gasteiger partial charge in [-0.05, 0) is 26.8 Å². The van der Waals surface area contributed by atoms with E-state index in [1.807, 2.05) is 0 Å². The number of nitrogens with zero attached hydrogens (tertiary/aromatic N) is 1. The molecule has 0 aromatic heterocycles. The van der Waals surface area contributed by atoms with E-state index in [0.717, 1.165) is 0 Å². The number of likely N-dealkylation sites (N-methyl/N-ethyl adjacent to an activating group) is 1. The smallest absolute Gasteiger partial charge is 0.313 e. The van der Waals surface area contributed by atoms with Crippen LogP contribution in [-0.2, 0) is 9.59 Å². The predicted molar refractivity (Wildman–Crippen MR) is 83.1 cm³/mol. The highest BCUT2D eigenvalue weighted by molar-refractivity contribution is 8.77. The Morgan fingerprint density at radius 2 is 2.14 bits per heavy atom. The average molecular weight is 336 g/mol. The first-order valence-corrected chi connectivity index (χ1v) is 9.07. The SMILES string of the molecule is CNC(CSSC1CCC([N+](=O)[O-])C(C(=O)O)C1)C(C)=O. The number of nitro groups is 1. The van der Waals surface area contributed by atoms with E-state index in [-0.39, 0.29) is 17.1 Å². The fraction of sp³-hybridized carbons (Fsp3) is 0.833. The fourth-order valence-corrected chi connectivity index (χ4v) is 5.40. The van der Waals surface area contributed by atoms with Crippen molar-refractivity contribution in [1.82, 2.24) is 5.32 Å². The van der Waals surface area contributed by atoms with Gasteiger partial charge in [-0.2, -0.15) is 0 Å². The molecule has 1 aliphatic carbocycles. The van der Waals surface area contributed by atoms with E-state index in [4.69, 9.17) is 5.11 Å². The van der Waals surface area contributed by atoms with E-state index < -0.39 is 22.9 Å². The second kappa shape index (κ2) is 8.60. The number of carbonyl (C=O) groups is 2. The van der Waals surface area contributed by atoms with E-state index in [2.05, 4.69) is 5.32 Å². The van der Waals surface area contributed by atoms with Gasteiger partial charge in [0.15, 0.2) is 0 Å². The van der Waals surface area contributed by atoms with Crippen molar-refractivity contribution in [3.8, 4) is 0 Å². The van der Waals surface area contributed by atoms with Crippen molar-refractivity contribution in [2.75, 3.05) is 12.8 Å². The van der Waals surface area contributed by atoms with Crippen molar-refractivity contribution in [3.05, 3.63) is 10.1 Å². The lowest BCUT2D eigenvalue weighted by molar-refractivity contribution is -0.532. The van der Waals surface area contributed by atoms with Gasteiger partial charge in [-0.3, -0.25) is 19.7 Å². The molecule has 0 aromatic rings. The average Bonchev–Trinajstić information content (AvgIpc) is 2.42. The van der Waals surface area contributed by atoms with E-state index >= 15 is 0 Å². The molecule has 0 bridgehead atoms. The molecule has 21 heavy (non-hydrogen) atoms. The van der Waals surface area contributed by atoms with E-state index in [1.54, 1.807) is 7.05 Å². The number of carbonyl (C=O) groups excluding carboxylic acids is 1. The van der Waals surface area contributed by atoms with Crippen LogP contribution in [0.15, 0.2) is 0 Å².